The molecular formula is C23H24N2O3S. The second kappa shape index (κ2) is 9.09. The number of carbonyl (C=O) groups excluding carboxylic acids is 2. The van der Waals surface area contributed by atoms with Crippen molar-refractivity contribution in [1.29, 1.82) is 0 Å². The number of hydrogen-bond donors (Lipinski definition) is 1. The van der Waals surface area contributed by atoms with E-state index in [9.17, 15) is 9.59 Å². The first-order chi connectivity index (χ1) is 14.2. The Hall–Kier alpha value is -2.86. The van der Waals surface area contributed by atoms with Gasteiger partial charge in [0.05, 0.1) is 6.26 Å². The van der Waals surface area contributed by atoms with Crippen molar-refractivity contribution in [2.75, 3.05) is 0 Å². The Morgan fingerprint density at radius 2 is 1.86 bits per heavy atom. The molecule has 3 aromatic rings. The molecule has 1 aliphatic carbocycles. The second-order valence-corrected chi connectivity index (χ2v) is 8.28. The van der Waals surface area contributed by atoms with Gasteiger partial charge in [0.25, 0.3) is 5.91 Å². The number of benzene rings is 1. The highest BCUT2D eigenvalue weighted by atomic mass is 32.1. The van der Waals surface area contributed by atoms with Crippen LogP contribution >= 0.6 is 11.3 Å². The highest BCUT2D eigenvalue weighted by molar-refractivity contribution is 7.10. The van der Waals surface area contributed by atoms with Crippen LogP contribution in [0.1, 0.15) is 52.7 Å². The minimum atomic E-state index is -0.701. The normalized spacial score (nSPS) is 15.2. The largest absolute Gasteiger partial charge is 0.459 e. The number of nitrogens with zero attached hydrogens (tertiary/aromatic N) is 1. The highest BCUT2D eigenvalue weighted by Gasteiger charge is 2.35. The fraction of sp³-hybridized carbons (Fsp3) is 0.304. The molecule has 1 atom stereocenters. The van der Waals surface area contributed by atoms with E-state index >= 15 is 0 Å². The molecule has 1 fully saturated rings. The molecule has 5 nitrogen and oxygen atoms in total. The van der Waals surface area contributed by atoms with Crippen LogP contribution in [-0.4, -0.2) is 22.8 Å². The fourth-order valence-electron chi connectivity index (χ4n) is 3.82. The summed E-state index contributed by atoms with van der Waals surface area (Å²) in [5, 5.41) is 5.11. The monoisotopic (exact) mass is 408 g/mol. The summed E-state index contributed by atoms with van der Waals surface area (Å²) in [7, 11) is 0. The van der Waals surface area contributed by atoms with E-state index in [0.29, 0.717) is 6.54 Å². The molecule has 1 aliphatic rings. The maximum Gasteiger partial charge on any atom is 0.290 e. The van der Waals surface area contributed by atoms with E-state index in [4.69, 9.17) is 4.42 Å². The molecule has 2 amide bonds. The Morgan fingerprint density at radius 3 is 2.52 bits per heavy atom. The maximum atomic E-state index is 13.4. The smallest absolute Gasteiger partial charge is 0.290 e. The molecule has 0 unspecified atom stereocenters. The zero-order chi connectivity index (χ0) is 20.1. The quantitative estimate of drug-likeness (QED) is 0.612. The third-order valence-electron chi connectivity index (χ3n) is 5.26. The van der Waals surface area contributed by atoms with E-state index in [1.54, 1.807) is 17.0 Å². The van der Waals surface area contributed by atoms with Gasteiger partial charge in [-0.3, -0.25) is 9.59 Å². The maximum absolute atomic E-state index is 13.4. The van der Waals surface area contributed by atoms with Gasteiger partial charge < -0.3 is 14.6 Å². The molecule has 0 radical (unpaired) electrons. The summed E-state index contributed by atoms with van der Waals surface area (Å²) in [6.45, 7) is 0.320. The highest BCUT2D eigenvalue weighted by Crippen LogP contribution is 2.30. The van der Waals surface area contributed by atoms with Crippen LogP contribution in [0.2, 0.25) is 0 Å². The molecule has 0 saturated heterocycles. The van der Waals surface area contributed by atoms with Crippen LogP contribution < -0.4 is 5.32 Å². The number of amides is 2. The van der Waals surface area contributed by atoms with Crippen molar-refractivity contribution in [2.24, 2.45) is 0 Å². The van der Waals surface area contributed by atoms with E-state index in [1.807, 2.05) is 47.8 Å². The molecule has 1 N–H and O–H groups in total. The van der Waals surface area contributed by atoms with Crippen molar-refractivity contribution >= 4 is 23.2 Å². The minimum absolute atomic E-state index is 0.129. The van der Waals surface area contributed by atoms with Crippen molar-refractivity contribution in [2.45, 2.75) is 44.3 Å². The third-order valence-corrected chi connectivity index (χ3v) is 6.19. The Bertz CT molecular complexity index is 916. The molecule has 1 saturated carbocycles. The first-order valence-corrected chi connectivity index (χ1v) is 10.8. The Kier molecular flexibility index (Phi) is 6.10. The fourth-order valence-corrected chi connectivity index (χ4v) is 4.66. The summed E-state index contributed by atoms with van der Waals surface area (Å²) >= 11 is 1.49. The van der Waals surface area contributed by atoms with Crippen LogP contribution in [0.3, 0.4) is 0 Å². The van der Waals surface area contributed by atoms with Gasteiger partial charge in [-0.05, 0) is 42.0 Å². The van der Waals surface area contributed by atoms with Gasteiger partial charge >= 0.3 is 0 Å². The lowest BCUT2D eigenvalue weighted by Gasteiger charge is -2.31. The van der Waals surface area contributed by atoms with Crippen LogP contribution in [-0.2, 0) is 11.3 Å². The average Bonchev–Trinajstić information content (AvgIpc) is 3.51. The van der Waals surface area contributed by atoms with Gasteiger partial charge in [0.2, 0.25) is 5.91 Å². The van der Waals surface area contributed by atoms with Crippen LogP contribution in [0, 0.1) is 0 Å². The van der Waals surface area contributed by atoms with E-state index in [-0.39, 0.29) is 23.6 Å². The summed E-state index contributed by atoms with van der Waals surface area (Å²) in [5.74, 6) is -0.190. The van der Waals surface area contributed by atoms with Crippen molar-refractivity contribution in [1.82, 2.24) is 10.2 Å². The van der Waals surface area contributed by atoms with Crippen molar-refractivity contribution in [3.05, 3.63) is 82.4 Å². The van der Waals surface area contributed by atoms with Gasteiger partial charge in [0, 0.05) is 17.5 Å². The van der Waals surface area contributed by atoms with Crippen molar-refractivity contribution in [3.8, 4) is 0 Å². The van der Waals surface area contributed by atoms with E-state index in [0.717, 1.165) is 36.1 Å². The zero-order valence-corrected chi connectivity index (χ0v) is 16.9. The van der Waals surface area contributed by atoms with Crippen LogP contribution in [0.5, 0.6) is 0 Å². The standard InChI is InChI=1S/C23H24N2O3S/c26-22(24-18-10-4-5-11-18)21(20-13-7-15-29-20)25(16-17-8-2-1-3-9-17)23(27)19-12-6-14-28-19/h1-3,6-9,12-15,18,21H,4-5,10-11,16H2,(H,24,26)/t21-/m0/s1. The lowest BCUT2D eigenvalue weighted by Crippen LogP contribution is -2.45. The van der Waals surface area contributed by atoms with Crippen LogP contribution in [0.25, 0.3) is 0 Å². The van der Waals surface area contributed by atoms with E-state index < -0.39 is 6.04 Å². The lowest BCUT2D eigenvalue weighted by molar-refractivity contribution is -0.126. The van der Waals surface area contributed by atoms with Crippen LogP contribution in [0.15, 0.2) is 70.7 Å². The second-order valence-electron chi connectivity index (χ2n) is 7.30. The zero-order valence-electron chi connectivity index (χ0n) is 16.1. The number of nitrogens with one attached hydrogen (secondary N) is 1. The summed E-state index contributed by atoms with van der Waals surface area (Å²) in [6.07, 6.45) is 5.73. The first-order valence-electron chi connectivity index (χ1n) is 9.94. The Balaban J connectivity index is 1.68. The summed E-state index contributed by atoms with van der Waals surface area (Å²) in [4.78, 5) is 29.2. The molecule has 0 spiro atoms. The average molecular weight is 409 g/mol. The predicted molar refractivity (Wildman–Crippen MR) is 112 cm³/mol. The van der Waals surface area contributed by atoms with Gasteiger partial charge in [-0.15, -0.1) is 11.3 Å². The van der Waals surface area contributed by atoms with Gasteiger partial charge in [0.1, 0.15) is 6.04 Å². The Labute approximate surface area is 174 Å². The SMILES string of the molecule is O=C(NC1CCCC1)[C@H](c1cccs1)N(Cc1ccccc1)C(=O)c1ccco1. The molecule has 2 heterocycles. The van der Waals surface area contributed by atoms with Crippen molar-refractivity contribution < 1.29 is 14.0 Å². The summed E-state index contributed by atoms with van der Waals surface area (Å²) < 4.78 is 5.38. The van der Waals surface area contributed by atoms with E-state index in [2.05, 4.69) is 5.32 Å². The molecule has 6 heteroatoms. The van der Waals surface area contributed by atoms with E-state index in [1.165, 1.54) is 17.6 Å². The summed E-state index contributed by atoms with van der Waals surface area (Å²) in [6, 6.07) is 16.4. The van der Waals surface area contributed by atoms with Gasteiger partial charge in [0.15, 0.2) is 5.76 Å². The van der Waals surface area contributed by atoms with Gasteiger partial charge in [-0.25, -0.2) is 0 Å². The Morgan fingerprint density at radius 1 is 1.07 bits per heavy atom. The number of hydrogen-bond acceptors (Lipinski definition) is 4. The molecule has 150 valence electrons. The third kappa shape index (κ3) is 4.59. The lowest BCUT2D eigenvalue weighted by atomic mass is 10.1. The molecule has 29 heavy (non-hydrogen) atoms. The number of thiophene rings is 1. The van der Waals surface area contributed by atoms with Gasteiger partial charge in [-0.2, -0.15) is 0 Å². The first kappa shape index (κ1) is 19.5. The van der Waals surface area contributed by atoms with Crippen LogP contribution in [0.4, 0.5) is 0 Å². The van der Waals surface area contributed by atoms with Gasteiger partial charge in [-0.1, -0.05) is 49.2 Å². The molecule has 0 bridgehead atoms. The number of carbonyl (C=O) groups is 2. The summed E-state index contributed by atoms with van der Waals surface area (Å²) in [5.41, 5.74) is 0.961. The topological polar surface area (TPSA) is 62.6 Å². The molecule has 2 aromatic heterocycles. The minimum Gasteiger partial charge on any atom is -0.459 e. The predicted octanol–water partition coefficient (Wildman–Crippen LogP) is 4.78. The number of rotatable bonds is 7. The van der Waals surface area contributed by atoms with Crippen molar-refractivity contribution in [3.63, 3.8) is 0 Å². The number of furan rings is 1. The molecular weight excluding hydrogens is 384 g/mol. The molecule has 1 aromatic carbocycles. The molecule has 0 aliphatic heterocycles. The molecule has 4 rings (SSSR count).